The maximum Gasteiger partial charge on any atom is 0.0546 e. The number of hydrogen-bond donors (Lipinski definition) is 2. The van der Waals surface area contributed by atoms with Crippen molar-refractivity contribution in [3.8, 4) is 0 Å². The highest BCUT2D eigenvalue weighted by atomic mass is 32.1. The maximum absolute atomic E-state index is 9.35. The lowest BCUT2D eigenvalue weighted by atomic mass is 9.79. The van der Waals surface area contributed by atoms with Gasteiger partial charge in [0.1, 0.15) is 0 Å². The minimum atomic E-state index is -0.0238. The molecule has 1 saturated carbocycles. The first-order valence-corrected chi connectivity index (χ1v) is 8.16. The second-order valence-corrected chi connectivity index (χ2v) is 6.66. The summed E-state index contributed by atoms with van der Waals surface area (Å²) in [5.41, 5.74) is 0.393. The van der Waals surface area contributed by atoms with Gasteiger partial charge in [0.15, 0.2) is 0 Å². The first kappa shape index (κ1) is 16.3. The third-order valence-corrected chi connectivity index (χ3v) is 4.95. The van der Waals surface area contributed by atoms with Gasteiger partial charge >= 0.3 is 0 Å². The molecular formula is C15H31NOS. The molecule has 0 atom stereocenters. The summed E-state index contributed by atoms with van der Waals surface area (Å²) < 4.78 is 0. The summed E-state index contributed by atoms with van der Waals surface area (Å²) in [6, 6.07) is 0. The highest BCUT2D eigenvalue weighted by Gasteiger charge is 2.32. The molecule has 0 aromatic rings. The molecule has 1 aliphatic rings. The molecule has 1 N–H and O–H groups in total. The van der Waals surface area contributed by atoms with Crippen molar-refractivity contribution >= 4 is 12.6 Å². The molecule has 1 fully saturated rings. The van der Waals surface area contributed by atoms with Crippen LogP contribution in [0.1, 0.15) is 52.4 Å². The normalized spacial score (nSPS) is 24.3. The molecule has 0 radical (unpaired) electrons. The van der Waals surface area contributed by atoms with Gasteiger partial charge in [0.05, 0.1) is 6.10 Å². The van der Waals surface area contributed by atoms with Crippen LogP contribution in [0.2, 0.25) is 0 Å². The Morgan fingerprint density at radius 3 is 2.17 bits per heavy atom. The zero-order chi connectivity index (χ0) is 13.6. The van der Waals surface area contributed by atoms with Crippen LogP contribution in [0.5, 0.6) is 0 Å². The lowest BCUT2D eigenvalue weighted by Crippen LogP contribution is -2.42. The second kappa shape index (κ2) is 7.76. The summed E-state index contributed by atoms with van der Waals surface area (Å²) in [7, 11) is 2.23. The third kappa shape index (κ3) is 4.75. The molecule has 0 aromatic heterocycles. The minimum absolute atomic E-state index is 0.0238. The zero-order valence-corrected chi connectivity index (χ0v) is 13.3. The fourth-order valence-corrected chi connectivity index (χ4v) is 3.90. The van der Waals surface area contributed by atoms with Crippen LogP contribution >= 0.6 is 12.6 Å². The van der Waals surface area contributed by atoms with Crippen molar-refractivity contribution in [1.82, 2.24) is 4.90 Å². The molecule has 0 bridgehead atoms. The minimum Gasteiger partial charge on any atom is -0.393 e. The van der Waals surface area contributed by atoms with Crippen molar-refractivity contribution in [3.05, 3.63) is 0 Å². The number of rotatable bonds is 9. The number of hydrogen-bond acceptors (Lipinski definition) is 3. The van der Waals surface area contributed by atoms with Gasteiger partial charge in [-0.15, -0.1) is 0 Å². The highest BCUT2D eigenvalue weighted by Crippen LogP contribution is 2.34. The Kier molecular flexibility index (Phi) is 7.04. The van der Waals surface area contributed by atoms with Crippen molar-refractivity contribution in [2.24, 2.45) is 11.3 Å². The smallest absolute Gasteiger partial charge is 0.0546 e. The molecule has 2 nitrogen and oxygen atoms in total. The molecule has 0 amide bonds. The SMILES string of the molecule is CCCC(CS)(CCC)CN(C)CC1CC(O)C1. The lowest BCUT2D eigenvalue weighted by molar-refractivity contribution is 0.0218. The van der Waals surface area contributed by atoms with E-state index in [4.69, 9.17) is 0 Å². The first-order chi connectivity index (χ1) is 8.55. The van der Waals surface area contributed by atoms with Crippen molar-refractivity contribution in [1.29, 1.82) is 0 Å². The summed E-state index contributed by atoms with van der Waals surface area (Å²) in [4.78, 5) is 2.47. The first-order valence-electron chi connectivity index (χ1n) is 7.52. The van der Waals surface area contributed by atoms with Crippen LogP contribution in [0, 0.1) is 11.3 Å². The highest BCUT2D eigenvalue weighted by molar-refractivity contribution is 7.80. The number of thiol groups is 1. The van der Waals surface area contributed by atoms with Gasteiger partial charge in [0.2, 0.25) is 0 Å². The van der Waals surface area contributed by atoms with E-state index >= 15 is 0 Å². The maximum atomic E-state index is 9.35. The average Bonchev–Trinajstić information content (AvgIpc) is 2.27. The van der Waals surface area contributed by atoms with E-state index in [9.17, 15) is 5.11 Å². The van der Waals surface area contributed by atoms with Gasteiger partial charge in [0.25, 0.3) is 0 Å². The molecular weight excluding hydrogens is 242 g/mol. The second-order valence-electron chi connectivity index (χ2n) is 6.35. The average molecular weight is 273 g/mol. The summed E-state index contributed by atoms with van der Waals surface area (Å²) in [5.74, 6) is 1.71. The molecule has 1 rings (SSSR count). The quantitative estimate of drug-likeness (QED) is 0.630. The molecule has 0 aromatic carbocycles. The van der Waals surface area contributed by atoms with Crippen molar-refractivity contribution in [3.63, 3.8) is 0 Å². The molecule has 18 heavy (non-hydrogen) atoms. The summed E-state index contributed by atoms with van der Waals surface area (Å²) in [5, 5.41) is 9.35. The van der Waals surface area contributed by atoms with Crippen LogP contribution in [0.3, 0.4) is 0 Å². The van der Waals surface area contributed by atoms with Crippen LogP contribution in [0.25, 0.3) is 0 Å². The fourth-order valence-electron chi connectivity index (χ4n) is 3.48. The zero-order valence-electron chi connectivity index (χ0n) is 12.4. The van der Waals surface area contributed by atoms with Gasteiger partial charge in [-0.2, -0.15) is 12.6 Å². The Morgan fingerprint density at radius 1 is 1.22 bits per heavy atom. The van der Waals surface area contributed by atoms with E-state index in [0.29, 0.717) is 11.3 Å². The molecule has 0 aliphatic heterocycles. The third-order valence-electron chi connectivity index (χ3n) is 4.28. The van der Waals surface area contributed by atoms with Gasteiger partial charge in [-0.3, -0.25) is 0 Å². The van der Waals surface area contributed by atoms with Gasteiger partial charge < -0.3 is 10.0 Å². The van der Waals surface area contributed by atoms with E-state index < -0.39 is 0 Å². The van der Waals surface area contributed by atoms with Crippen LogP contribution in [-0.4, -0.2) is 42.0 Å². The van der Waals surface area contributed by atoms with Crippen LogP contribution in [-0.2, 0) is 0 Å². The molecule has 0 heterocycles. The Bertz CT molecular complexity index is 223. The summed E-state index contributed by atoms with van der Waals surface area (Å²) in [6.45, 7) is 6.84. The summed E-state index contributed by atoms with van der Waals surface area (Å²) >= 11 is 4.62. The van der Waals surface area contributed by atoms with E-state index in [1.54, 1.807) is 0 Å². The van der Waals surface area contributed by atoms with Crippen molar-refractivity contribution in [2.75, 3.05) is 25.9 Å². The van der Waals surface area contributed by atoms with Gasteiger partial charge in [-0.05, 0) is 49.8 Å². The Morgan fingerprint density at radius 2 is 1.78 bits per heavy atom. The number of nitrogens with zero attached hydrogens (tertiary/aromatic N) is 1. The predicted octanol–water partition coefficient (Wildman–Crippen LogP) is 3.21. The standard InChI is InChI=1S/C15H31NOS/c1-4-6-15(12-18,7-5-2)11-16(3)10-13-8-14(17)9-13/h13-14,17-18H,4-12H2,1-3H3. The summed E-state index contributed by atoms with van der Waals surface area (Å²) in [6.07, 6.45) is 7.03. The lowest BCUT2D eigenvalue weighted by Gasteiger charge is -2.40. The Hall–Kier alpha value is 0.270. The monoisotopic (exact) mass is 273 g/mol. The van der Waals surface area contributed by atoms with Crippen molar-refractivity contribution < 1.29 is 5.11 Å². The van der Waals surface area contributed by atoms with Crippen LogP contribution < -0.4 is 0 Å². The molecule has 0 spiro atoms. The van der Waals surface area contributed by atoms with E-state index in [1.165, 1.54) is 25.7 Å². The van der Waals surface area contributed by atoms with E-state index in [2.05, 4.69) is 38.4 Å². The van der Waals surface area contributed by atoms with Crippen LogP contribution in [0.15, 0.2) is 0 Å². The van der Waals surface area contributed by atoms with Crippen molar-refractivity contribution in [2.45, 2.75) is 58.5 Å². The topological polar surface area (TPSA) is 23.5 Å². The molecule has 3 heteroatoms. The molecule has 0 unspecified atom stereocenters. The van der Waals surface area contributed by atoms with Gasteiger partial charge in [0, 0.05) is 13.1 Å². The Labute approximate surface area is 119 Å². The number of aliphatic hydroxyl groups excluding tert-OH is 1. The van der Waals surface area contributed by atoms with E-state index in [1.807, 2.05) is 0 Å². The van der Waals surface area contributed by atoms with E-state index in [0.717, 1.165) is 31.7 Å². The fraction of sp³-hybridized carbons (Fsp3) is 1.00. The number of aliphatic hydroxyl groups is 1. The Balaban J connectivity index is 2.42. The van der Waals surface area contributed by atoms with Crippen LogP contribution in [0.4, 0.5) is 0 Å². The van der Waals surface area contributed by atoms with Gasteiger partial charge in [-0.1, -0.05) is 26.7 Å². The molecule has 0 saturated heterocycles. The largest absolute Gasteiger partial charge is 0.393 e. The molecule has 1 aliphatic carbocycles. The van der Waals surface area contributed by atoms with E-state index in [-0.39, 0.29) is 6.10 Å². The predicted molar refractivity (Wildman–Crippen MR) is 82.3 cm³/mol. The molecule has 108 valence electrons. The van der Waals surface area contributed by atoms with Gasteiger partial charge in [-0.25, -0.2) is 0 Å².